The number of sulfonamides is 1. The first-order chi connectivity index (χ1) is 8.73. The van der Waals surface area contributed by atoms with Gasteiger partial charge in [0.05, 0.1) is 5.75 Å². The summed E-state index contributed by atoms with van der Waals surface area (Å²) in [6.07, 6.45) is -2.82. The van der Waals surface area contributed by atoms with Gasteiger partial charge in [-0.15, -0.1) is 0 Å². The fourth-order valence-electron chi connectivity index (χ4n) is 2.46. The average Bonchev–Trinajstić information content (AvgIpc) is 2.71. The third-order valence-electron chi connectivity index (χ3n) is 3.56. The summed E-state index contributed by atoms with van der Waals surface area (Å²) in [6, 6.07) is 0. The second-order valence-corrected chi connectivity index (χ2v) is 7.00. The molecule has 1 saturated carbocycles. The smallest absolute Gasteiger partial charge is 0.330 e. The van der Waals surface area contributed by atoms with Crippen molar-refractivity contribution >= 4 is 10.0 Å². The molecule has 0 aliphatic heterocycles. The molecule has 0 heterocycles. The van der Waals surface area contributed by atoms with Crippen molar-refractivity contribution in [1.82, 2.24) is 4.72 Å². The number of nitrogens with one attached hydrogen (secondary N) is 1. The van der Waals surface area contributed by atoms with Gasteiger partial charge in [0, 0.05) is 13.0 Å². The highest BCUT2D eigenvalue weighted by Gasteiger charge is 2.29. The lowest BCUT2D eigenvalue weighted by Gasteiger charge is -2.18. The second kappa shape index (κ2) is 6.90. The van der Waals surface area contributed by atoms with Crippen LogP contribution in [-0.4, -0.2) is 33.4 Å². The van der Waals surface area contributed by atoms with Crippen LogP contribution in [0.4, 0.5) is 13.2 Å². The predicted octanol–water partition coefficient (Wildman–Crippen LogP) is 1.62. The standard InChI is InChI=1S/C11H21F3N2O2S/c12-11(13,14)5-2-6-19(17,18)16-8-10-4-1-3-9(10)7-15/h9-10,16H,1-8,15H2. The normalized spacial score (nSPS) is 24.8. The van der Waals surface area contributed by atoms with Crippen molar-refractivity contribution in [3.8, 4) is 0 Å². The maximum Gasteiger partial charge on any atom is 0.389 e. The van der Waals surface area contributed by atoms with Gasteiger partial charge < -0.3 is 5.73 Å². The molecule has 0 aromatic carbocycles. The maximum absolute atomic E-state index is 11.9. The molecule has 19 heavy (non-hydrogen) atoms. The molecule has 4 nitrogen and oxygen atoms in total. The molecule has 1 aliphatic carbocycles. The minimum atomic E-state index is -4.30. The van der Waals surface area contributed by atoms with E-state index in [1.54, 1.807) is 0 Å². The van der Waals surface area contributed by atoms with E-state index in [1.165, 1.54) is 0 Å². The number of alkyl halides is 3. The topological polar surface area (TPSA) is 72.2 Å². The molecular weight excluding hydrogens is 281 g/mol. The summed E-state index contributed by atoms with van der Waals surface area (Å²) < 4.78 is 61.3. The summed E-state index contributed by atoms with van der Waals surface area (Å²) in [6.45, 7) is 0.816. The van der Waals surface area contributed by atoms with Crippen molar-refractivity contribution in [2.75, 3.05) is 18.8 Å². The first-order valence-electron chi connectivity index (χ1n) is 6.47. The molecule has 0 aromatic rings. The van der Waals surface area contributed by atoms with Gasteiger partial charge in [0.25, 0.3) is 0 Å². The third-order valence-corrected chi connectivity index (χ3v) is 4.99. The van der Waals surface area contributed by atoms with E-state index >= 15 is 0 Å². The molecule has 0 saturated heterocycles. The van der Waals surface area contributed by atoms with Gasteiger partial charge >= 0.3 is 6.18 Å². The van der Waals surface area contributed by atoms with Crippen LogP contribution in [0.2, 0.25) is 0 Å². The Labute approximate surface area is 112 Å². The van der Waals surface area contributed by atoms with E-state index in [0.717, 1.165) is 19.3 Å². The van der Waals surface area contributed by atoms with Gasteiger partial charge in [0.1, 0.15) is 0 Å². The lowest BCUT2D eigenvalue weighted by atomic mass is 9.97. The van der Waals surface area contributed by atoms with Crippen LogP contribution in [0, 0.1) is 11.8 Å². The van der Waals surface area contributed by atoms with Gasteiger partial charge in [0.15, 0.2) is 0 Å². The summed E-state index contributed by atoms with van der Waals surface area (Å²) in [4.78, 5) is 0. The van der Waals surface area contributed by atoms with Crippen LogP contribution in [0.15, 0.2) is 0 Å². The van der Waals surface area contributed by atoms with E-state index in [2.05, 4.69) is 4.72 Å². The van der Waals surface area contributed by atoms with Crippen molar-refractivity contribution < 1.29 is 21.6 Å². The van der Waals surface area contributed by atoms with Gasteiger partial charge in [-0.25, -0.2) is 13.1 Å². The molecule has 8 heteroatoms. The van der Waals surface area contributed by atoms with E-state index in [4.69, 9.17) is 5.73 Å². The van der Waals surface area contributed by atoms with E-state index < -0.39 is 34.8 Å². The molecule has 0 radical (unpaired) electrons. The van der Waals surface area contributed by atoms with Crippen LogP contribution in [0.5, 0.6) is 0 Å². The van der Waals surface area contributed by atoms with Crippen LogP contribution >= 0.6 is 0 Å². The van der Waals surface area contributed by atoms with Crippen molar-refractivity contribution in [3.63, 3.8) is 0 Å². The Balaban J connectivity index is 2.30. The lowest BCUT2D eigenvalue weighted by molar-refractivity contribution is -0.134. The minimum absolute atomic E-state index is 0.211. The van der Waals surface area contributed by atoms with Crippen molar-refractivity contribution in [3.05, 3.63) is 0 Å². The monoisotopic (exact) mass is 302 g/mol. The number of rotatable bonds is 7. The Bertz CT molecular complexity index is 371. The van der Waals surface area contributed by atoms with Gasteiger partial charge in [-0.2, -0.15) is 13.2 Å². The van der Waals surface area contributed by atoms with Gasteiger partial charge in [-0.05, 0) is 37.6 Å². The summed E-state index contributed by atoms with van der Waals surface area (Å²) >= 11 is 0. The van der Waals surface area contributed by atoms with Crippen LogP contribution in [-0.2, 0) is 10.0 Å². The molecule has 3 N–H and O–H groups in total. The first-order valence-corrected chi connectivity index (χ1v) is 8.13. The van der Waals surface area contributed by atoms with Crippen LogP contribution in [0.3, 0.4) is 0 Å². The Morgan fingerprint density at radius 2 is 1.84 bits per heavy atom. The fourth-order valence-corrected chi connectivity index (χ4v) is 3.60. The minimum Gasteiger partial charge on any atom is -0.330 e. The molecule has 2 atom stereocenters. The lowest BCUT2D eigenvalue weighted by Crippen LogP contribution is -2.34. The van der Waals surface area contributed by atoms with Crippen molar-refractivity contribution in [1.29, 1.82) is 0 Å². The molecule has 0 amide bonds. The zero-order valence-electron chi connectivity index (χ0n) is 10.7. The second-order valence-electron chi connectivity index (χ2n) is 5.07. The van der Waals surface area contributed by atoms with Crippen molar-refractivity contribution in [2.24, 2.45) is 17.6 Å². The largest absolute Gasteiger partial charge is 0.389 e. The quantitative estimate of drug-likeness (QED) is 0.750. The summed E-state index contributed by atoms with van der Waals surface area (Å²) in [5.74, 6) is 0.0484. The molecule has 1 rings (SSSR count). The van der Waals surface area contributed by atoms with Crippen LogP contribution in [0.25, 0.3) is 0 Å². The van der Waals surface area contributed by atoms with E-state index in [0.29, 0.717) is 12.5 Å². The van der Waals surface area contributed by atoms with Crippen molar-refractivity contribution in [2.45, 2.75) is 38.3 Å². The molecule has 0 spiro atoms. The molecule has 1 aliphatic rings. The molecular formula is C11H21F3N2O2S. The molecule has 1 fully saturated rings. The van der Waals surface area contributed by atoms with Gasteiger partial charge in [-0.3, -0.25) is 0 Å². The molecule has 2 unspecified atom stereocenters. The molecule has 0 bridgehead atoms. The predicted molar refractivity (Wildman–Crippen MR) is 67.0 cm³/mol. The van der Waals surface area contributed by atoms with E-state index in [9.17, 15) is 21.6 Å². The third kappa shape index (κ3) is 6.58. The van der Waals surface area contributed by atoms with Crippen LogP contribution < -0.4 is 10.5 Å². The summed E-state index contributed by atoms with van der Waals surface area (Å²) in [5.41, 5.74) is 5.59. The summed E-state index contributed by atoms with van der Waals surface area (Å²) in [5, 5.41) is 0. The Hall–Kier alpha value is -0.340. The number of hydrogen-bond donors (Lipinski definition) is 2. The number of hydrogen-bond acceptors (Lipinski definition) is 3. The Morgan fingerprint density at radius 1 is 1.21 bits per heavy atom. The summed E-state index contributed by atoms with van der Waals surface area (Å²) in [7, 11) is -3.61. The maximum atomic E-state index is 11.9. The first kappa shape index (κ1) is 16.7. The highest BCUT2D eigenvalue weighted by molar-refractivity contribution is 7.89. The van der Waals surface area contributed by atoms with Gasteiger partial charge in [-0.1, -0.05) is 6.42 Å². The Morgan fingerprint density at radius 3 is 2.42 bits per heavy atom. The highest BCUT2D eigenvalue weighted by Crippen LogP contribution is 2.30. The highest BCUT2D eigenvalue weighted by atomic mass is 32.2. The molecule has 0 aromatic heterocycles. The molecule has 114 valence electrons. The SMILES string of the molecule is NCC1CCCC1CNS(=O)(=O)CCCC(F)(F)F. The van der Waals surface area contributed by atoms with Crippen LogP contribution in [0.1, 0.15) is 32.1 Å². The van der Waals surface area contributed by atoms with Gasteiger partial charge in [0.2, 0.25) is 10.0 Å². The zero-order chi connectivity index (χ0) is 14.5. The number of nitrogens with two attached hydrogens (primary N) is 1. The van der Waals surface area contributed by atoms with E-state index in [1.807, 2.05) is 0 Å². The zero-order valence-corrected chi connectivity index (χ0v) is 11.6. The van der Waals surface area contributed by atoms with E-state index in [-0.39, 0.29) is 12.5 Å². The number of halogens is 3. The average molecular weight is 302 g/mol. The Kier molecular flexibility index (Phi) is 6.07. The fraction of sp³-hybridized carbons (Fsp3) is 1.00.